The van der Waals surface area contributed by atoms with Crippen LogP contribution in [0, 0.1) is 0 Å². The molecule has 2 aromatic rings. The highest BCUT2D eigenvalue weighted by Crippen LogP contribution is 2.35. The highest BCUT2D eigenvalue weighted by molar-refractivity contribution is 5.98. The number of carbonyl (C=O) groups is 2. The summed E-state index contributed by atoms with van der Waals surface area (Å²) in [4.78, 5) is 23.8. The number of carboxylic acid groups (broad SMARTS) is 1. The lowest BCUT2D eigenvalue weighted by Crippen LogP contribution is -2.31. The Balaban J connectivity index is 1.73. The summed E-state index contributed by atoms with van der Waals surface area (Å²) in [5.74, 6) is -1.30. The van der Waals surface area contributed by atoms with Gasteiger partial charge in [0.25, 0.3) is 5.91 Å². The first-order valence-corrected chi connectivity index (χ1v) is 7.11. The molecule has 0 aromatic heterocycles. The largest absolute Gasteiger partial charge is 0.481 e. The van der Waals surface area contributed by atoms with Gasteiger partial charge in [-0.15, -0.1) is 0 Å². The molecular weight excluding hydrogens is 298 g/mol. The summed E-state index contributed by atoms with van der Waals surface area (Å²) >= 11 is 0. The molecule has 1 atom stereocenters. The number of nitrogens with one attached hydrogen (secondary N) is 1. The van der Waals surface area contributed by atoms with Crippen LogP contribution in [0.25, 0.3) is 0 Å². The average Bonchev–Trinajstić information content (AvgIpc) is 3.04. The van der Waals surface area contributed by atoms with Crippen LogP contribution in [0.3, 0.4) is 0 Å². The van der Waals surface area contributed by atoms with Gasteiger partial charge < -0.3 is 19.9 Å². The van der Waals surface area contributed by atoms with Gasteiger partial charge in [-0.1, -0.05) is 36.4 Å². The molecule has 2 aromatic carbocycles. The summed E-state index contributed by atoms with van der Waals surface area (Å²) in [6.45, 7) is 0.0596. The van der Waals surface area contributed by atoms with Crippen LogP contribution in [0.15, 0.2) is 48.5 Å². The van der Waals surface area contributed by atoms with Crippen molar-refractivity contribution in [3.05, 3.63) is 59.7 Å². The van der Waals surface area contributed by atoms with Gasteiger partial charge in [-0.05, 0) is 17.7 Å². The summed E-state index contributed by atoms with van der Waals surface area (Å²) in [5, 5.41) is 12.0. The van der Waals surface area contributed by atoms with E-state index in [0.29, 0.717) is 22.6 Å². The van der Waals surface area contributed by atoms with Crippen LogP contribution in [0.1, 0.15) is 21.8 Å². The fourth-order valence-corrected chi connectivity index (χ4v) is 2.43. The monoisotopic (exact) mass is 313 g/mol. The first-order chi connectivity index (χ1) is 11.2. The SMILES string of the molecule is O=C(NCC(C(=O)O)c1ccccc1)c1cccc2c1OCO2. The number of ether oxygens (including phenoxy) is 2. The predicted molar refractivity (Wildman–Crippen MR) is 81.7 cm³/mol. The number of aliphatic carboxylic acids is 1. The van der Waals surface area contributed by atoms with Crippen molar-refractivity contribution in [2.75, 3.05) is 13.3 Å². The maximum absolute atomic E-state index is 12.3. The highest BCUT2D eigenvalue weighted by Gasteiger charge is 2.24. The predicted octanol–water partition coefficient (Wildman–Crippen LogP) is 2.01. The second-order valence-electron chi connectivity index (χ2n) is 5.05. The Morgan fingerprint density at radius 1 is 1.09 bits per heavy atom. The van der Waals surface area contributed by atoms with E-state index in [9.17, 15) is 14.7 Å². The molecule has 6 nitrogen and oxygen atoms in total. The minimum Gasteiger partial charge on any atom is -0.481 e. The molecule has 0 spiro atoms. The lowest BCUT2D eigenvalue weighted by atomic mass is 9.99. The van der Waals surface area contributed by atoms with Gasteiger partial charge in [0.15, 0.2) is 11.5 Å². The van der Waals surface area contributed by atoms with Gasteiger partial charge in [-0.25, -0.2) is 0 Å². The Morgan fingerprint density at radius 3 is 2.61 bits per heavy atom. The summed E-state index contributed by atoms with van der Waals surface area (Å²) in [6, 6.07) is 13.8. The normalized spacial score (nSPS) is 13.4. The van der Waals surface area contributed by atoms with Crippen LogP contribution in [0.5, 0.6) is 11.5 Å². The van der Waals surface area contributed by atoms with Gasteiger partial charge in [0.1, 0.15) is 0 Å². The number of benzene rings is 2. The molecule has 0 bridgehead atoms. The van der Waals surface area contributed by atoms with Crippen molar-refractivity contribution in [2.45, 2.75) is 5.92 Å². The molecule has 0 saturated heterocycles. The van der Waals surface area contributed by atoms with Gasteiger partial charge in [-0.3, -0.25) is 9.59 Å². The molecule has 0 fully saturated rings. The van der Waals surface area contributed by atoms with E-state index in [-0.39, 0.29) is 13.3 Å². The van der Waals surface area contributed by atoms with Crippen molar-refractivity contribution >= 4 is 11.9 Å². The number of carbonyl (C=O) groups excluding carboxylic acids is 1. The number of para-hydroxylation sites is 1. The fraction of sp³-hybridized carbons (Fsp3) is 0.176. The lowest BCUT2D eigenvalue weighted by Gasteiger charge is -2.14. The topological polar surface area (TPSA) is 84.9 Å². The maximum Gasteiger partial charge on any atom is 0.312 e. The third-order valence-electron chi connectivity index (χ3n) is 3.61. The fourth-order valence-electron chi connectivity index (χ4n) is 2.43. The number of rotatable bonds is 5. The third kappa shape index (κ3) is 3.11. The lowest BCUT2D eigenvalue weighted by molar-refractivity contribution is -0.138. The van der Waals surface area contributed by atoms with Crippen molar-refractivity contribution in [1.29, 1.82) is 0 Å². The van der Waals surface area contributed by atoms with Crippen molar-refractivity contribution in [2.24, 2.45) is 0 Å². The Bertz CT molecular complexity index is 729. The molecule has 118 valence electrons. The van der Waals surface area contributed by atoms with Gasteiger partial charge in [0.05, 0.1) is 11.5 Å². The number of hydrogen-bond acceptors (Lipinski definition) is 4. The zero-order valence-corrected chi connectivity index (χ0v) is 12.2. The third-order valence-corrected chi connectivity index (χ3v) is 3.61. The first kappa shape index (κ1) is 14.9. The Morgan fingerprint density at radius 2 is 1.87 bits per heavy atom. The second-order valence-corrected chi connectivity index (χ2v) is 5.05. The van der Waals surface area contributed by atoms with E-state index in [0.717, 1.165) is 0 Å². The molecule has 1 unspecified atom stereocenters. The minimum atomic E-state index is -0.991. The van der Waals surface area contributed by atoms with E-state index in [1.807, 2.05) is 6.07 Å². The zero-order chi connectivity index (χ0) is 16.2. The standard InChI is InChI=1S/C17H15NO5/c19-16(12-7-4-8-14-15(12)23-10-22-14)18-9-13(17(20)21)11-5-2-1-3-6-11/h1-8,13H,9-10H2,(H,18,19)(H,20,21). The first-order valence-electron chi connectivity index (χ1n) is 7.11. The van der Waals surface area contributed by atoms with Crippen LogP contribution >= 0.6 is 0 Å². The minimum absolute atomic E-state index is 0.0112. The van der Waals surface area contributed by atoms with Gasteiger partial charge in [-0.2, -0.15) is 0 Å². The molecule has 0 radical (unpaired) electrons. The van der Waals surface area contributed by atoms with Crippen molar-refractivity contribution in [3.8, 4) is 11.5 Å². The zero-order valence-electron chi connectivity index (χ0n) is 12.2. The highest BCUT2D eigenvalue weighted by atomic mass is 16.7. The van der Waals surface area contributed by atoms with Crippen LogP contribution < -0.4 is 14.8 Å². The molecule has 0 aliphatic carbocycles. The Kier molecular flexibility index (Phi) is 4.14. The van der Waals surface area contributed by atoms with Gasteiger partial charge in [0, 0.05) is 6.54 Å². The molecule has 2 N–H and O–H groups in total. The molecule has 3 rings (SSSR count). The van der Waals surface area contributed by atoms with E-state index >= 15 is 0 Å². The quantitative estimate of drug-likeness (QED) is 0.882. The van der Waals surface area contributed by atoms with E-state index in [1.54, 1.807) is 42.5 Å². The van der Waals surface area contributed by atoms with Gasteiger partial charge in [0.2, 0.25) is 6.79 Å². The second kappa shape index (κ2) is 6.39. The summed E-state index contributed by atoms with van der Waals surface area (Å²) in [6.07, 6.45) is 0. The van der Waals surface area contributed by atoms with E-state index in [2.05, 4.69) is 5.32 Å². The van der Waals surface area contributed by atoms with Crippen LogP contribution in [-0.4, -0.2) is 30.3 Å². The molecule has 23 heavy (non-hydrogen) atoms. The van der Waals surface area contributed by atoms with Crippen LogP contribution in [0.4, 0.5) is 0 Å². The van der Waals surface area contributed by atoms with Gasteiger partial charge >= 0.3 is 5.97 Å². The molecule has 1 aliphatic heterocycles. The molecule has 1 aliphatic rings. The van der Waals surface area contributed by atoms with Crippen LogP contribution in [-0.2, 0) is 4.79 Å². The number of amides is 1. The molecule has 6 heteroatoms. The summed E-state index contributed by atoms with van der Waals surface area (Å²) < 4.78 is 10.5. The Hall–Kier alpha value is -3.02. The van der Waals surface area contributed by atoms with E-state index < -0.39 is 17.8 Å². The summed E-state index contributed by atoms with van der Waals surface area (Å²) in [7, 11) is 0. The number of carboxylic acids is 1. The maximum atomic E-state index is 12.3. The smallest absolute Gasteiger partial charge is 0.312 e. The van der Waals surface area contributed by atoms with E-state index in [4.69, 9.17) is 9.47 Å². The molecule has 1 amide bonds. The number of hydrogen-bond donors (Lipinski definition) is 2. The van der Waals surface area contributed by atoms with Crippen LogP contribution in [0.2, 0.25) is 0 Å². The average molecular weight is 313 g/mol. The molecule has 0 saturated carbocycles. The Labute approximate surface area is 132 Å². The van der Waals surface area contributed by atoms with Crippen molar-refractivity contribution < 1.29 is 24.2 Å². The molecule has 1 heterocycles. The van der Waals surface area contributed by atoms with Crippen molar-refractivity contribution in [3.63, 3.8) is 0 Å². The van der Waals surface area contributed by atoms with Crippen molar-refractivity contribution in [1.82, 2.24) is 5.32 Å². The number of fused-ring (bicyclic) bond motifs is 1. The molecular formula is C17H15NO5. The van der Waals surface area contributed by atoms with E-state index in [1.165, 1.54) is 0 Å². The summed E-state index contributed by atoms with van der Waals surface area (Å²) in [5.41, 5.74) is 0.968.